The second kappa shape index (κ2) is 9.21. The highest BCUT2D eigenvalue weighted by molar-refractivity contribution is 8.04. The Balaban J connectivity index is 1.93. The smallest absolute Gasteiger partial charge is 0.342 e. The molecule has 29 heavy (non-hydrogen) atoms. The van der Waals surface area contributed by atoms with Crippen LogP contribution in [-0.4, -0.2) is 40.5 Å². The Kier molecular flexibility index (Phi) is 6.68. The fraction of sp³-hybridized carbons (Fsp3) is 0.105. The molecule has 7 nitrogen and oxygen atoms in total. The number of aromatic nitrogens is 3. The van der Waals surface area contributed by atoms with E-state index in [9.17, 15) is 9.90 Å². The number of carboxylic acid groups (broad SMARTS) is 1. The van der Waals surface area contributed by atoms with Gasteiger partial charge in [-0.25, -0.2) is 9.78 Å². The molecule has 1 aromatic heterocycles. The molecule has 0 aliphatic heterocycles. The van der Waals surface area contributed by atoms with Crippen molar-refractivity contribution < 1.29 is 19.4 Å². The van der Waals surface area contributed by atoms with Gasteiger partial charge in [0.2, 0.25) is 5.16 Å². The predicted octanol–water partition coefficient (Wildman–Crippen LogP) is 5.01. The summed E-state index contributed by atoms with van der Waals surface area (Å²) >= 11 is 13.0. The molecule has 0 amide bonds. The number of benzene rings is 2. The third-order valence-electron chi connectivity index (χ3n) is 3.77. The number of ether oxygens (including phenoxy) is 2. The molecule has 2 N–H and O–H groups in total. The van der Waals surface area contributed by atoms with Gasteiger partial charge in [0.15, 0.2) is 5.82 Å². The first kappa shape index (κ1) is 21.0. The molecule has 0 aliphatic carbocycles. The molecule has 0 aliphatic rings. The van der Waals surface area contributed by atoms with Crippen molar-refractivity contribution in [3.05, 3.63) is 56.9 Å². The van der Waals surface area contributed by atoms with Crippen LogP contribution in [0.4, 0.5) is 0 Å². The Bertz CT molecular complexity index is 1090. The van der Waals surface area contributed by atoms with E-state index in [2.05, 4.69) is 15.2 Å². The quantitative estimate of drug-likeness (QED) is 0.384. The largest absolute Gasteiger partial charge is 0.496 e. The van der Waals surface area contributed by atoms with E-state index in [1.54, 1.807) is 36.4 Å². The summed E-state index contributed by atoms with van der Waals surface area (Å²) in [7, 11) is 3.02. The lowest BCUT2D eigenvalue weighted by Gasteiger charge is -2.06. The van der Waals surface area contributed by atoms with Crippen molar-refractivity contribution in [2.24, 2.45) is 0 Å². The number of aromatic amines is 1. The summed E-state index contributed by atoms with van der Waals surface area (Å²) in [5, 5.41) is 17.7. The number of methoxy groups -OCH3 is 2. The van der Waals surface area contributed by atoms with Crippen molar-refractivity contribution in [2.45, 2.75) is 5.16 Å². The molecule has 0 bridgehead atoms. The Hall–Kier alpha value is -2.68. The molecular formula is C19H15Cl2N3O4S. The molecule has 0 spiro atoms. The van der Waals surface area contributed by atoms with Gasteiger partial charge in [0.25, 0.3) is 0 Å². The minimum Gasteiger partial charge on any atom is -0.496 e. The van der Waals surface area contributed by atoms with Gasteiger partial charge in [-0.15, -0.1) is 5.10 Å². The highest BCUT2D eigenvalue weighted by Crippen LogP contribution is 2.34. The third kappa shape index (κ3) is 5.03. The first-order chi connectivity index (χ1) is 13.9. The molecule has 2 aromatic carbocycles. The summed E-state index contributed by atoms with van der Waals surface area (Å²) in [6.45, 7) is 0. The molecule has 0 saturated heterocycles. The molecule has 0 unspecified atom stereocenters. The number of carbonyl (C=O) groups is 1. The Morgan fingerprint density at radius 1 is 1.10 bits per heavy atom. The van der Waals surface area contributed by atoms with Crippen molar-refractivity contribution in [1.29, 1.82) is 0 Å². The highest BCUT2D eigenvalue weighted by atomic mass is 35.5. The van der Waals surface area contributed by atoms with Crippen LogP contribution in [0.5, 0.6) is 11.5 Å². The number of nitrogens with one attached hydrogen (secondary N) is 1. The number of carboxylic acids is 1. The number of nitrogens with zero attached hydrogens (tertiary/aromatic N) is 2. The number of rotatable bonds is 7. The molecule has 0 atom stereocenters. The average Bonchev–Trinajstić information content (AvgIpc) is 3.16. The number of hydrogen-bond donors (Lipinski definition) is 2. The fourth-order valence-electron chi connectivity index (χ4n) is 2.47. The van der Waals surface area contributed by atoms with E-state index in [1.165, 1.54) is 20.3 Å². The summed E-state index contributed by atoms with van der Waals surface area (Å²) in [5.41, 5.74) is 1.13. The van der Waals surface area contributed by atoms with Gasteiger partial charge in [-0.05, 0) is 54.2 Å². The maximum atomic E-state index is 11.7. The minimum atomic E-state index is -1.14. The molecule has 0 fully saturated rings. The first-order valence-electron chi connectivity index (χ1n) is 8.14. The van der Waals surface area contributed by atoms with Crippen molar-refractivity contribution in [3.63, 3.8) is 0 Å². The molecule has 0 radical (unpaired) electrons. The SMILES string of the molecule is COc1ccc(Cl)cc1/C=C(\Sc1n[nH]c(-c2cc(Cl)ccc2OC)n1)C(=O)O. The number of halogens is 2. The second-order valence-corrected chi connectivity index (χ2v) is 7.50. The molecule has 0 saturated carbocycles. The summed E-state index contributed by atoms with van der Waals surface area (Å²) in [6.07, 6.45) is 1.45. The summed E-state index contributed by atoms with van der Waals surface area (Å²) in [4.78, 5) is 16.1. The van der Waals surface area contributed by atoms with Gasteiger partial charge in [0.1, 0.15) is 16.4 Å². The van der Waals surface area contributed by atoms with Crippen LogP contribution < -0.4 is 9.47 Å². The summed E-state index contributed by atoms with van der Waals surface area (Å²) in [6, 6.07) is 10.0. The van der Waals surface area contributed by atoms with Crippen LogP contribution in [0.15, 0.2) is 46.5 Å². The number of thioether (sulfide) groups is 1. The van der Waals surface area contributed by atoms with E-state index in [1.807, 2.05) is 0 Å². The van der Waals surface area contributed by atoms with Crippen LogP contribution in [0.2, 0.25) is 10.0 Å². The molecule has 10 heteroatoms. The van der Waals surface area contributed by atoms with Gasteiger partial charge in [0, 0.05) is 15.6 Å². The van der Waals surface area contributed by atoms with E-state index in [0.29, 0.717) is 38.5 Å². The van der Waals surface area contributed by atoms with E-state index in [-0.39, 0.29) is 10.1 Å². The van der Waals surface area contributed by atoms with Gasteiger partial charge in [-0.3, -0.25) is 5.10 Å². The van der Waals surface area contributed by atoms with Crippen molar-refractivity contribution in [2.75, 3.05) is 14.2 Å². The van der Waals surface area contributed by atoms with Gasteiger partial charge < -0.3 is 14.6 Å². The average molecular weight is 452 g/mol. The molecular weight excluding hydrogens is 437 g/mol. The predicted molar refractivity (Wildman–Crippen MR) is 113 cm³/mol. The van der Waals surface area contributed by atoms with Crippen molar-refractivity contribution in [3.8, 4) is 22.9 Å². The van der Waals surface area contributed by atoms with E-state index >= 15 is 0 Å². The maximum Gasteiger partial charge on any atom is 0.342 e. The van der Waals surface area contributed by atoms with Gasteiger partial charge >= 0.3 is 5.97 Å². The van der Waals surface area contributed by atoms with E-state index in [0.717, 1.165) is 11.8 Å². The van der Waals surface area contributed by atoms with Crippen LogP contribution in [0.3, 0.4) is 0 Å². The normalized spacial score (nSPS) is 11.4. The van der Waals surface area contributed by atoms with Crippen LogP contribution in [0.1, 0.15) is 5.56 Å². The number of H-pyrrole nitrogens is 1. The number of aliphatic carboxylic acids is 1. The fourth-order valence-corrected chi connectivity index (χ4v) is 3.52. The lowest BCUT2D eigenvalue weighted by atomic mass is 10.2. The van der Waals surface area contributed by atoms with E-state index in [4.69, 9.17) is 32.7 Å². The molecule has 3 rings (SSSR count). The summed E-state index contributed by atoms with van der Waals surface area (Å²) < 4.78 is 10.6. The zero-order valence-electron chi connectivity index (χ0n) is 15.3. The zero-order chi connectivity index (χ0) is 21.0. The maximum absolute atomic E-state index is 11.7. The number of hydrogen-bond acceptors (Lipinski definition) is 6. The molecule has 3 aromatic rings. The van der Waals surface area contributed by atoms with Crippen LogP contribution in [0.25, 0.3) is 17.5 Å². The van der Waals surface area contributed by atoms with Crippen LogP contribution >= 0.6 is 35.0 Å². The Labute approximate surface area is 180 Å². The van der Waals surface area contributed by atoms with Gasteiger partial charge in [0.05, 0.1) is 19.8 Å². The second-order valence-electron chi connectivity index (χ2n) is 5.61. The lowest BCUT2D eigenvalue weighted by Crippen LogP contribution is -1.98. The Morgan fingerprint density at radius 2 is 1.76 bits per heavy atom. The molecule has 1 heterocycles. The topological polar surface area (TPSA) is 97.3 Å². The van der Waals surface area contributed by atoms with Crippen LogP contribution in [0, 0.1) is 0 Å². The zero-order valence-corrected chi connectivity index (χ0v) is 17.6. The Morgan fingerprint density at radius 3 is 2.41 bits per heavy atom. The van der Waals surface area contributed by atoms with Crippen LogP contribution in [-0.2, 0) is 4.79 Å². The van der Waals surface area contributed by atoms with E-state index < -0.39 is 5.97 Å². The first-order valence-corrected chi connectivity index (χ1v) is 9.71. The third-order valence-corrected chi connectivity index (χ3v) is 5.12. The molecule has 150 valence electrons. The standard InChI is InChI=1S/C19H15Cl2N3O4S/c1-27-14-5-3-11(20)7-10(14)8-16(18(25)26)29-19-22-17(23-24-19)13-9-12(21)4-6-15(13)28-2/h3-9H,1-2H3,(H,25,26)(H,22,23,24)/b16-8-. The lowest BCUT2D eigenvalue weighted by molar-refractivity contribution is -0.131. The summed E-state index contributed by atoms with van der Waals surface area (Å²) in [5.74, 6) is 0.313. The van der Waals surface area contributed by atoms with Gasteiger partial charge in [-0.2, -0.15) is 0 Å². The van der Waals surface area contributed by atoms with Crippen molar-refractivity contribution >= 4 is 47.0 Å². The highest BCUT2D eigenvalue weighted by Gasteiger charge is 2.17. The van der Waals surface area contributed by atoms with Crippen molar-refractivity contribution in [1.82, 2.24) is 15.2 Å². The van der Waals surface area contributed by atoms with Gasteiger partial charge in [-0.1, -0.05) is 23.2 Å². The minimum absolute atomic E-state index is 0.00539. The monoisotopic (exact) mass is 451 g/mol.